The number of oxazole rings is 1. The first-order valence-electron chi connectivity index (χ1n) is 7.13. The number of carbonyl (C=O) groups excluding carboxylic acids is 2. The van der Waals surface area contributed by atoms with E-state index in [1.165, 1.54) is 49.7 Å². The molecule has 3 aromatic rings. The molecule has 3 rings (SSSR count). The third kappa shape index (κ3) is 3.40. The molecule has 0 aliphatic rings. The number of hydrogen-bond acceptors (Lipinski definition) is 5. The molecule has 0 aliphatic carbocycles. The predicted molar refractivity (Wildman–Crippen MR) is 83.9 cm³/mol. The molecule has 0 saturated heterocycles. The SMILES string of the molecule is CC(OC(=O)c1ccc2ocnc2c1)C(=O)Nc1ccc(F)cc1. The number of nitrogens with one attached hydrogen (secondary N) is 1. The van der Waals surface area contributed by atoms with Gasteiger partial charge >= 0.3 is 5.97 Å². The number of halogens is 1. The highest BCUT2D eigenvalue weighted by Gasteiger charge is 2.19. The number of ether oxygens (including phenoxy) is 1. The maximum Gasteiger partial charge on any atom is 0.338 e. The van der Waals surface area contributed by atoms with E-state index in [4.69, 9.17) is 9.15 Å². The van der Waals surface area contributed by atoms with Crippen molar-refractivity contribution < 1.29 is 23.1 Å². The summed E-state index contributed by atoms with van der Waals surface area (Å²) in [6.07, 6.45) is 0.258. The number of aromatic nitrogens is 1. The molecule has 24 heavy (non-hydrogen) atoms. The van der Waals surface area contributed by atoms with Crippen LogP contribution in [0.5, 0.6) is 0 Å². The Balaban J connectivity index is 1.64. The molecule has 1 heterocycles. The number of esters is 1. The molecule has 6 nitrogen and oxygen atoms in total. The van der Waals surface area contributed by atoms with Gasteiger partial charge in [0.2, 0.25) is 0 Å². The van der Waals surface area contributed by atoms with Crippen molar-refractivity contribution in [3.05, 3.63) is 60.2 Å². The van der Waals surface area contributed by atoms with Crippen LogP contribution in [0.15, 0.2) is 53.3 Å². The maximum atomic E-state index is 12.8. The van der Waals surface area contributed by atoms with Crippen molar-refractivity contribution in [2.24, 2.45) is 0 Å². The molecule has 7 heteroatoms. The van der Waals surface area contributed by atoms with Crippen LogP contribution in [0.25, 0.3) is 11.1 Å². The average molecular weight is 328 g/mol. The molecule has 0 spiro atoms. The first-order chi connectivity index (χ1) is 11.5. The number of benzene rings is 2. The summed E-state index contributed by atoms with van der Waals surface area (Å²) in [6.45, 7) is 1.45. The van der Waals surface area contributed by atoms with Crippen LogP contribution in [0.1, 0.15) is 17.3 Å². The minimum Gasteiger partial charge on any atom is -0.449 e. The fourth-order valence-corrected chi connectivity index (χ4v) is 2.04. The van der Waals surface area contributed by atoms with E-state index in [1.54, 1.807) is 6.07 Å². The minimum atomic E-state index is -1.02. The Morgan fingerprint density at radius 1 is 1.21 bits per heavy atom. The van der Waals surface area contributed by atoms with Crippen LogP contribution in [-0.2, 0) is 9.53 Å². The quantitative estimate of drug-likeness (QED) is 0.744. The lowest BCUT2D eigenvalue weighted by Gasteiger charge is -2.13. The van der Waals surface area contributed by atoms with E-state index in [-0.39, 0.29) is 5.56 Å². The Morgan fingerprint density at radius 3 is 2.71 bits per heavy atom. The monoisotopic (exact) mass is 328 g/mol. The van der Waals surface area contributed by atoms with Gasteiger partial charge in [-0.05, 0) is 49.4 Å². The third-order valence-electron chi connectivity index (χ3n) is 3.33. The van der Waals surface area contributed by atoms with E-state index >= 15 is 0 Å². The highest BCUT2D eigenvalue weighted by atomic mass is 19.1. The number of carbonyl (C=O) groups is 2. The number of anilines is 1. The highest BCUT2D eigenvalue weighted by Crippen LogP contribution is 2.16. The zero-order valence-electron chi connectivity index (χ0n) is 12.7. The fourth-order valence-electron chi connectivity index (χ4n) is 2.04. The largest absolute Gasteiger partial charge is 0.449 e. The van der Waals surface area contributed by atoms with E-state index in [0.29, 0.717) is 16.8 Å². The van der Waals surface area contributed by atoms with E-state index in [9.17, 15) is 14.0 Å². The second-order valence-corrected chi connectivity index (χ2v) is 5.08. The molecule has 0 fully saturated rings. The topological polar surface area (TPSA) is 81.4 Å². The van der Waals surface area contributed by atoms with Crippen molar-refractivity contribution >= 4 is 28.7 Å². The zero-order chi connectivity index (χ0) is 17.1. The van der Waals surface area contributed by atoms with Gasteiger partial charge in [-0.25, -0.2) is 14.2 Å². The molecule has 122 valence electrons. The predicted octanol–water partition coefficient (Wildman–Crippen LogP) is 3.15. The minimum absolute atomic E-state index is 0.262. The summed E-state index contributed by atoms with van der Waals surface area (Å²) in [4.78, 5) is 28.1. The van der Waals surface area contributed by atoms with E-state index in [0.717, 1.165) is 0 Å². The lowest BCUT2D eigenvalue weighted by Crippen LogP contribution is -2.30. The van der Waals surface area contributed by atoms with Gasteiger partial charge in [0, 0.05) is 5.69 Å². The Kier molecular flexibility index (Phi) is 4.24. The highest BCUT2D eigenvalue weighted by molar-refractivity contribution is 5.98. The normalized spacial score (nSPS) is 11.9. The second kappa shape index (κ2) is 6.49. The van der Waals surface area contributed by atoms with Gasteiger partial charge in [-0.1, -0.05) is 0 Å². The van der Waals surface area contributed by atoms with E-state index in [1.807, 2.05) is 0 Å². The lowest BCUT2D eigenvalue weighted by atomic mass is 10.2. The molecule has 0 bridgehead atoms. The summed E-state index contributed by atoms with van der Waals surface area (Å²) in [6, 6.07) is 9.92. The molecule has 0 saturated carbocycles. The standard InChI is InChI=1S/C17H13FN2O4/c1-10(16(21)20-13-5-3-12(18)4-6-13)24-17(22)11-2-7-15-14(8-11)19-9-23-15/h2-10H,1H3,(H,20,21). The molecule has 1 N–H and O–H groups in total. The number of rotatable bonds is 4. The molecule has 1 aromatic heterocycles. The Hall–Kier alpha value is -3.22. The van der Waals surface area contributed by atoms with Crippen LogP contribution >= 0.6 is 0 Å². The van der Waals surface area contributed by atoms with Gasteiger partial charge < -0.3 is 14.5 Å². The van der Waals surface area contributed by atoms with Crippen LogP contribution in [0.4, 0.5) is 10.1 Å². The van der Waals surface area contributed by atoms with Gasteiger partial charge in [0.05, 0.1) is 5.56 Å². The summed E-state index contributed by atoms with van der Waals surface area (Å²) in [5.41, 5.74) is 1.74. The fraction of sp³-hybridized carbons (Fsp3) is 0.118. The van der Waals surface area contributed by atoms with Crippen molar-refractivity contribution in [2.45, 2.75) is 13.0 Å². The van der Waals surface area contributed by atoms with Gasteiger partial charge in [-0.15, -0.1) is 0 Å². The summed E-state index contributed by atoms with van der Waals surface area (Å²) in [5.74, 6) is -1.57. The number of nitrogens with zero attached hydrogens (tertiary/aromatic N) is 1. The number of fused-ring (bicyclic) bond motifs is 1. The third-order valence-corrected chi connectivity index (χ3v) is 3.33. The molecular weight excluding hydrogens is 315 g/mol. The van der Waals surface area contributed by atoms with Crippen molar-refractivity contribution in [1.82, 2.24) is 4.98 Å². The number of hydrogen-bond donors (Lipinski definition) is 1. The average Bonchev–Trinajstić information content (AvgIpc) is 3.04. The van der Waals surface area contributed by atoms with E-state index in [2.05, 4.69) is 10.3 Å². The number of amides is 1. The lowest BCUT2D eigenvalue weighted by molar-refractivity contribution is -0.123. The first kappa shape index (κ1) is 15.7. The van der Waals surface area contributed by atoms with Crippen LogP contribution in [0.2, 0.25) is 0 Å². The van der Waals surface area contributed by atoms with Gasteiger partial charge in [0.15, 0.2) is 18.1 Å². The molecule has 0 aliphatic heterocycles. The molecular formula is C17H13FN2O4. The Labute approximate surface area is 136 Å². The molecule has 1 atom stereocenters. The summed E-state index contributed by atoms with van der Waals surface area (Å²) >= 11 is 0. The molecule has 2 aromatic carbocycles. The Morgan fingerprint density at radius 2 is 1.96 bits per heavy atom. The van der Waals surface area contributed by atoms with Crippen LogP contribution < -0.4 is 5.32 Å². The Bertz CT molecular complexity index is 889. The summed E-state index contributed by atoms with van der Waals surface area (Å²) in [5, 5.41) is 2.54. The van der Waals surface area contributed by atoms with Crippen molar-refractivity contribution in [3.63, 3.8) is 0 Å². The zero-order valence-corrected chi connectivity index (χ0v) is 12.7. The summed E-state index contributed by atoms with van der Waals surface area (Å²) < 4.78 is 23.1. The van der Waals surface area contributed by atoms with Crippen molar-refractivity contribution in [1.29, 1.82) is 0 Å². The van der Waals surface area contributed by atoms with Gasteiger partial charge in [0.25, 0.3) is 5.91 Å². The van der Waals surface area contributed by atoms with E-state index < -0.39 is 23.8 Å². The molecule has 1 amide bonds. The first-order valence-corrected chi connectivity index (χ1v) is 7.13. The van der Waals surface area contributed by atoms with Crippen LogP contribution in [0.3, 0.4) is 0 Å². The van der Waals surface area contributed by atoms with Crippen molar-refractivity contribution in [2.75, 3.05) is 5.32 Å². The van der Waals surface area contributed by atoms with Crippen LogP contribution in [-0.4, -0.2) is 23.0 Å². The van der Waals surface area contributed by atoms with Gasteiger partial charge in [0.1, 0.15) is 11.3 Å². The smallest absolute Gasteiger partial charge is 0.338 e. The molecule has 1 unspecified atom stereocenters. The summed E-state index contributed by atoms with van der Waals surface area (Å²) in [7, 11) is 0. The van der Waals surface area contributed by atoms with Gasteiger partial charge in [-0.2, -0.15) is 0 Å². The molecule has 0 radical (unpaired) electrons. The van der Waals surface area contributed by atoms with Crippen LogP contribution in [0, 0.1) is 5.82 Å². The second-order valence-electron chi connectivity index (χ2n) is 5.08. The maximum absolute atomic E-state index is 12.8. The van der Waals surface area contributed by atoms with Gasteiger partial charge in [-0.3, -0.25) is 4.79 Å². The van der Waals surface area contributed by atoms with Crippen molar-refractivity contribution in [3.8, 4) is 0 Å².